The predicted molar refractivity (Wildman–Crippen MR) is 140 cm³/mol. The number of hydrogen-bond acceptors (Lipinski definition) is 4. The lowest BCUT2D eigenvalue weighted by Gasteiger charge is -2.41. The molecule has 2 aromatic carbocycles. The normalized spacial score (nSPS) is 21.4. The average Bonchev–Trinajstić information content (AvgIpc) is 3.05. The third kappa shape index (κ3) is 5.95. The van der Waals surface area contributed by atoms with Crippen molar-refractivity contribution in [3.8, 4) is 0 Å². The Balaban J connectivity index is 1.51. The summed E-state index contributed by atoms with van der Waals surface area (Å²) in [6.07, 6.45) is 2.75. The Hall–Kier alpha value is -2.77. The van der Waals surface area contributed by atoms with Gasteiger partial charge in [-0.2, -0.15) is 0 Å². The number of nitrogens with one attached hydrogen (secondary N) is 1. The van der Waals surface area contributed by atoms with E-state index in [-0.39, 0.29) is 23.7 Å². The standard InChI is InChI=1S/C29H39FN4O2/c1-21-16-22(2)18-24(17-21)20-33-14-10-25(11-15-33)29(19-23-6-8-26(30)9-7-23)27(35)34(28(36)31-29)13-5-12-32(3)4/h6-9,16-18,25H,5,10-15,19-20H2,1-4H3,(H,31,36)/t29-/m0/s1. The molecule has 1 N–H and O–H groups in total. The molecule has 2 saturated heterocycles. The van der Waals surface area contributed by atoms with Crippen LogP contribution in [0.5, 0.6) is 0 Å². The highest BCUT2D eigenvalue weighted by Crippen LogP contribution is 2.37. The molecule has 2 aliphatic rings. The van der Waals surface area contributed by atoms with Gasteiger partial charge in [0.15, 0.2) is 0 Å². The van der Waals surface area contributed by atoms with Crippen LogP contribution < -0.4 is 5.32 Å². The zero-order valence-electron chi connectivity index (χ0n) is 22.0. The monoisotopic (exact) mass is 494 g/mol. The molecule has 0 aliphatic carbocycles. The first-order chi connectivity index (χ1) is 17.2. The van der Waals surface area contributed by atoms with Gasteiger partial charge in [-0.05, 0) is 96.0 Å². The lowest BCUT2D eigenvalue weighted by molar-refractivity contribution is -0.134. The molecule has 36 heavy (non-hydrogen) atoms. The van der Waals surface area contributed by atoms with Crippen LogP contribution in [0.15, 0.2) is 42.5 Å². The van der Waals surface area contributed by atoms with Crippen molar-refractivity contribution in [2.45, 2.75) is 51.6 Å². The molecule has 0 unspecified atom stereocenters. The topological polar surface area (TPSA) is 55.9 Å². The number of nitrogens with zero attached hydrogens (tertiary/aromatic N) is 3. The van der Waals surface area contributed by atoms with E-state index in [1.165, 1.54) is 33.7 Å². The number of rotatable bonds is 9. The molecule has 0 aromatic heterocycles. The second-order valence-electron chi connectivity index (χ2n) is 10.9. The highest BCUT2D eigenvalue weighted by atomic mass is 19.1. The SMILES string of the molecule is Cc1cc(C)cc(CN2CCC([C@]3(Cc4ccc(F)cc4)NC(=O)N(CCCN(C)C)C3=O)CC2)c1. The van der Waals surface area contributed by atoms with Crippen LogP contribution in [0.4, 0.5) is 9.18 Å². The second kappa shape index (κ2) is 11.1. The molecule has 4 rings (SSSR count). The molecular weight excluding hydrogens is 455 g/mol. The van der Waals surface area contributed by atoms with E-state index in [1.54, 1.807) is 12.1 Å². The van der Waals surface area contributed by atoms with E-state index in [4.69, 9.17) is 0 Å². The first kappa shape index (κ1) is 26.3. The maximum atomic E-state index is 13.9. The molecule has 2 aliphatic heterocycles. The van der Waals surface area contributed by atoms with Crippen molar-refractivity contribution in [2.24, 2.45) is 5.92 Å². The van der Waals surface area contributed by atoms with Gasteiger partial charge in [-0.3, -0.25) is 14.6 Å². The molecular formula is C29H39FN4O2. The summed E-state index contributed by atoms with van der Waals surface area (Å²) in [5.41, 5.74) is 3.72. The van der Waals surface area contributed by atoms with E-state index in [0.29, 0.717) is 13.0 Å². The van der Waals surface area contributed by atoms with Gasteiger partial charge >= 0.3 is 6.03 Å². The Morgan fingerprint density at radius 1 is 1.00 bits per heavy atom. The summed E-state index contributed by atoms with van der Waals surface area (Å²) in [5.74, 6) is -0.420. The fourth-order valence-corrected chi connectivity index (χ4v) is 5.86. The summed E-state index contributed by atoms with van der Waals surface area (Å²) in [4.78, 5) is 32.8. The molecule has 2 fully saturated rings. The zero-order chi connectivity index (χ0) is 25.9. The number of hydrogen-bond donors (Lipinski definition) is 1. The molecule has 0 saturated carbocycles. The molecule has 3 amide bonds. The molecule has 1 atom stereocenters. The lowest BCUT2D eigenvalue weighted by Crippen LogP contribution is -2.57. The van der Waals surface area contributed by atoms with Gasteiger partial charge in [0.25, 0.3) is 5.91 Å². The minimum Gasteiger partial charge on any atom is -0.322 e. The number of amides is 3. The van der Waals surface area contributed by atoms with E-state index in [9.17, 15) is 14.0 Å². The van der Waals surface area contributed by atoms with Gasteiger partial charge in [0, 0.05) is 19.5 Å². The number of benzene rings is 2. The van der Waals surface area contributed by atoms with Crippen molar-refractivity contribution >= 4 is 11.9 Å². The molecule has 7 heteroatoms. The molecule has 0 bridgehead atoms. The third-order valence-corrected chi connectivity index (χ3v) is 7.56. The Morgan fingerprint density at radius 3 is 2.25 bits per heavy atom. The summed E-state index contributed by atoms with van der Waals surface area (Å²) < 4.78 is 13.6. The largest absolute Gasteiger partial charge is 0.325 e. The van der Waals surface area contributed by atoms with E-state index in [2.05, 4.69) is 47.2 Å². The van der Waals surface area contributed by atoms with Gasteiger partial charge in [-0.25, -0.2) is 9.18 Å². The van der Waals surface area contributed by atoms with Crippen LogP contribution in [0.1, 0.15) is 41.5 Å². The van der Waals surface area contributed by atoms with Gasteiger partial charge in [0.1, 0.15) is 11.4 Å². The fourth-order valence-electron chi connectivity index (χ4n) is 5.86. The van der Waals surface area contributed by atoms with Gasteiger partial charge < -0.3 is 10.2 Å². The van der Waals surface area contributed by atoms with Crippen molar-refractivity contribution in [1.82, 2.24) is 20.0 Å². The van der Waals surface area contributed by atoms with Crippen molar-refractivity contribution in [2.75, 3.05) is 40.3 Å². The Labute approximate surface area is 214 Å². The molecule has 6 nitrogen and oxygen atoms in total. The maximum Gasteiger partial charge on any atom is 0.325 e. The highest BCUT2D eigenvalue weighted by molar-refractivity contribution is 6.07. The van der Waals surface area contributed by atoms with Crippen LogP contribution in [-0.2, 0) is 17.8 Å². The van der Waals surface area contributed by atoms with Gasteiger partial charge in [-0.1, -0.05) is 41.5 Å². The van der Waals surface area contributed by atoms with Crippen molar-refractivity contribution in [3.05, 3.63) is 70.5 Å². The number of carbonyl (C=O) groups excluding carboxylic acids is 2. The number of likely N-dealkylation sites (tertiary alicyclic amines) is 1. The number of imide groups is 1. The fraction of sp³-hybridized carbons (Fsp3) is 0.517. The van der Waals surface area contributed by atoms with E-state index >= 15 is 0 Å². The maximum absolute atomic E-state index is 13.9. The highest BCUT2D eigenvalue weighted by Gasteiger charge is 2.55. The zero-order valence-corrected chi connectivity index (χ0v) is 22.0. The summed E-state index contributed by atoms with van der Waals surface area (Å²) in [5, 5.41) is 3.13. The number of aryl methyl sites for hydroxylation is 2. The lowest BCUT2D eigenvalue weighted by atomic mass is 9.74. The van der Waals surface area contributed by atoms with E-state index in [0.717, 1.165) is 51.0 Å². The molecule has 2 heterocycles. The van der Waals surface area contributed by atoms with Crippen LogP contribution >= 0.6 is 0 Å². The summed E-state index contributed by atoms with van der Waals surface area (Å²) >= 11 is 0. The van der Waals surface area contributed by atoms with Crippen molar-refractivity contribution in [3.63, 3.8) is 0 Å². The molecule has 0 radical (unpaired) electrons. The van der Waals surface area contributed by atoms with Crippen LogP contribution in [0.3, 0.4) is 0 Å². The summed E-state index contributed by atoms with van der Waals surface area (Å²) in [6, 6.07) is 12.6. The van der Waals surface area contributed by atoms with E-state index in [1.807, 2.05) is 14.1 Å². The van der Waals surface area contributed by atoms with Crippen LogP contribution in [0.25, 0.3) is 0 Å². The first-order valence-corrected chi connectivity index (χ1v) is 13.0. The quantitative estimate of drug-likeness (QED) is 0.533. The Morgan fingerprint density at radius 2 is 1.64 bits per heavy atom. The van der Waals surface area contributed by atoms with Crippen molar-refractivity contribution in [1.29, 1.82) is 0 Å². The van der Waals surface area contributed by atoms with Crippen molar-refractivity contribution < 1.29 is 14.0 Å². The minimum absolute atomic E-state index is 0.0216. The van der Waals surface area contributed by atoms with Gasteiger partial charge in [0.2, 0.25) is 0 Å². The predicted octanol–water partition coefficient (Wildman–Crippen LogP) is 4.14. The van der Waals surface area contributed by atoms with Crippen LogP contribution in [0.2, 0.25) is 0 Å². The van der Waals surface area contributed by atoms with Crippen LogP contribution in [0, 0.1) is 25.6 Å². The summed E-state index contributed by atoms with van der Waals surface area (Å²) in [7, 11) is 3.97. The van der Waals surface area contributed by atoms with E-state index < -0.39 is 5.54 Å². The number of piperidine rings is 1. The average molecular weight is 495 g/mol. The smallest absolute Gasteiger partial charge is 0.322 e. The number of halogens is 1. The third-order valence-electron chi connectivity index (χ3n) is 7.56. The minimum atomic E-state index is -0.987. The number of urea groups is 1. The molecule has 0 spiro atoms. The Kier molecular flexibility index (Phi) is 8.10. The van der Waals surface area contributed by atoms with Gasteiger partial charge in [-0.15, -0.1) is 0 Å². The molecule has 194 valence electrons. The first-order valence-electron chi connectivity index (χ1n) is 13.0. The second-order valence-corrected chi connectivity index (χ2v) is 10.9. The van der Waals surface area contributed by atoms with Gasteiger partial charge in [0.05, 0.1) is 0 Å². The number of carbonyl (C=O) groups is 2. The molecule has 2 aromatic rings. The summed E-state index contributed by atoms with van der Waals surface area (Å²) in [6.45, 7) is 8.08. The van der Waals surface area contributed by atoms with Crippen LogP contribution in [-0.4, -0.2) is 72.5 Å². The Bertz CT molecular complexity index is 1060.